The highest BCUT2D eigenvalue weighted by atomic mass is 16.5. The first-order valence-corrected chi connectivity index (χ1v) is 6.38. The van der Waals surface area contributed by atoms with E-state index in [0.717, 1.165) is 6.42 Å². The third kappa shape index (κ3) is 3.40. The van der Waals surface area contributed by atoms with Crippen molar-refractivity contribution in [3.8, 4) is 0 Å². The Hall–Kier alpha value is -0.650. The summed E-state index contributed by atoms with van der Waals surface area (Å²) in [4.78, 5) is 14.2. The molecular weight excluding hydrogens is 220 g/mol. The van der Waals surface area contributed by atoms with Crippen molar-refractivity contribution in [3.63, 3.8) is 0 Å². The lowest BCUT2D eigenvalue weighted by Gasteiger charge is -2.38. The summed E-state index contributed by atoms with van der Waals surface area (Å²) in [6.07, 6.45) is 2.27. The first-order chi connectivity index (χ1) is 8.20. The van der Waals surface area contributed by atoms with Gasteiger partial charge in [-0.05, 0) is 19.3 Å². The van der Waals surface area contributed by atoms with Crippen LogP contribution >= 0.6 is 0 Å². The van der Waals surface area contributed by atoms with E-state index in [2.05, 4.69) is 0 Å². The van der Waals surface area contributed by atoms with Crippen LogP contribution in [0.2, 0.25) is 0 Å². The van der Waals surface area contributed by atoms with Crippen LogP contribution in [0.3, 0.4) is 0 Å². The zero-order valence-electron chi connectivity index (χ0n) is 10.7. The molecule has 3 N–H and O–H groups in total. The summed E-state index contributed by atoms with van der Waals surface area (Å²) in [5.74, 6) is 0.0826. The maximum absolute atomic E-state index is 12.5. The smallest absolute Gasteiger partial charge is 0.230 e. The van der Waals surface area contributed by atoms with Crippen LogP contribution in [0, 0.1) is 5.41 Å². The Bertz CT molecular complexity index is 234. The molecule has 100 valence electrons. The van der Waals surface area contributed by atoms with Crippen molar-refractivity contribution in [2.75, 3.05) is 39.5 Å². The maximum atomic E-state index is 12.5. The molecule has 1 aliphatic heterocycles. The number of aliphatic hydroxyl groups is 1. The Labute approximate surface area is 103 Å². The van der Waals surface area contributed by atoms with Gasteiger partial charge in [-0.3, -0.25) is 4.79 Å². The summed E-state index contributed by atoms with van der Waals surface area (Å²) in [6, 6.07) is 0. The summed E-state index contributed by atoms with van der Waals surface area (Å²) < 4.78 is 5.30. The van der Waals surface area contributed by atoms with Crippen LogP contribution in [0.4, 0.5) is 0 Å². The zero-order valence-corrected chi connectivity index (χ0v) is 10.7. The van der Waals surface area contributed by atoms with Crippen LogP contribution in [0.15, 0.2) is 0 Å². The third-order valence-corrected chi connectivity index (χ3v) is 3.44. The largest absolute Gasteiger partial charge is 0.395 e. The molecule has 1 heterocycles. The van der Waals surface area contributed by atoms with Crippen molar-refractivity contribution < 1.29 is 14.6 Å². The molecule has 0 saturated carbocycles. The number of rotatable bonds is 6. The van der Waals surface area contributed by atoms with E-state index in [1.165, 1.54) is 0 Å². The van der Waals surface area contributed by atoms with E-state index in [1.54, 1.807) is 4.90 Å². The zero-order chi connectivity index (χ0) is 12.7. The van der Waals surface area contributed by atoms with Crippen molar-refractivity contribution >= 4 is 5.91 Å². The summed E-state index contributed by atoms with van der Waals surface area (Å²) in [6.45, 7) is 4.67. The topological polar surface area (TPSA) is 75.8 Å². The summed E-state index contributed by atoms with van der Waals surface area (Å²) in [5.41, 5.74) is 5.33. The molecule has 5 heteroatoms. The Morgan fingerprint density at radius 3 is 2.53 bits per heavy atom. The lowest BCUT2D eigenvalue weighted by atomic mass is 9.79. The molecule has 1 saturated heterocycles. The van der Waals surface area contributed by atoms with Crippen LogP contribution in [-0.2, 0) is 9.53 Å². The predicted octanol–water partition coefficient (Wildman–Crippen LogP) is -0.0272. The van der Waals surface area contributed by atoms with E-state index in [-0.39, 0.29) is 12.5 Å². The molecule has 0 atom stereocenters. The highest BCUT2D eigenvalue weighted by Crippen LogP contribution is 2.31. The second-order valence-electron chi connectivity index (χ2n) is 4.61. The first kappa shape index (κ1) is 14.4. The molecule has 17 heavy (non-hydrogen) atoms. The molecule has 0 aromatic heterocycles. The predicted molar refractivity (Wildman–Crippen MR) is 65.5 cm³/mol. The van der Waals surface area contributed by atoms with Gasteiger partial charge in [0.15, 0.2) is 0 Å². The van der Waals surface area contributed by atoms with Gasteiger partial charge in [-0.15, -0.1) is 0 Å². The minimum Gasteiger partial charge on any atom is -0.395 e. The van der Waals surface area contributed by atoms with Gasteiger partial charge in [0.05, 0.1) is 12.0 Å². The van der Waals surface area contributed by atoms with Crippen molar-refractivity contribution in [1.82, 2.24) is 4.90 Å². The highest BCUT2D eigenvalue weighted by Gasteiger charge is 2.41. The van der Waals surface area contributed by atoms with E-state index >= 15 is 0 Å². The number of carbonyl (C=O) groups excluding carboxylic acids is 1. The molecule has 0 unspecified atom stereocenters. The fraction of sp³-hybridized carbons (Fsp3) is 0.917. The molecule has 0 radical (unpaired) electrons. The minimum absolute atomic E-state index is 0.00287. The Morgan fingerprint density at radius 2 is 2.06 bits per heavy atom. The number of hydrogen-bond acceptors (Lipinski definition) is 4. The number of carbonyl (C=O) groups is 1. The lowest BCUT2D eigenvalue weighted by Crippen LogP contribution is -2.51. The Morgan fingerprint density at radius 1 is 1.41 bits per heavy atom. The number of ether oxygens (including phenoxy) is 1. The van der Waals surface area contributed by atoms with Gasteiger partial charge >= 0.3 is 0 Å². The van der Waals surface area contributed by atoms with E-state index < -0.39 is 5.41 Å². The molecule has 0 aromatic carbocycles. The molecular formula is C12H24N2O3. The molecule has 0 aliphatic carbocycles. The van der Waals surface area contributed by atoms with Gasteiger partial charge in [-0.2, -0.15) is 0 Å². The number of aliphatic hydroxyl groups excluding tert-OH is 1. The summed E-state index contributed by atoms with van der Waals surface area (Å²) in [5, 5.41) is 9.02. The average Bonchev–Trinajstić information content (AvgIpc) is 2.38. The third-order valence-electron chi connectivity index (χ3n) is 3.44. The van der Waals surface area contributed by atoms with Crippen LogP contribution in [0.25, 0.3) is 0 Å². The van der Waals surface area contributed by atoms with Gasteiger partial charge in [0, 0.05) is 32.8 Å². The molecule has 1 aliphatic rings. The van der Waals surface area contributed by atoms with E-state index in [1.807, 2.05) is 6.92 Å². The Kier molecular flexibility index (Phi) is 5.88. The van der Waals surface area contributed by atoms with Gasteiger partial charge < -0.3 is 20.5 Å². The molecule has 0 spiro atoms. The molecule has 1 amide bonds. The van der Waals surface area contributed by atoms with Crippen molar-refractivity contribution in [3.05, 3.63) is 0 Å². The Balaban J connectivity index is 2.74. The van der Waals surface area contributed by atoms with Gasteiger partial charge in [0.1, 0.15) is 0 Å². The van der Waals surface area contributed by atoms with E-state index in [9.17, 15) is 4.79 Å². The maximum Gasteiger partial charge on any atom is 0.230 e. The van der Waals surface area contributed by atoms with Gasteiger partial charge in [-0.1, -0.05) is 6.92 Å². The fourth-order valence-corrected chi connectivity index (χ4v) is 2.31. The van der Waals surface area contributed by atoms with Crippen molar-refractivity contribution in [2.45, 2.75) is 26.2 Å². The van der Waals surface area contributed by atoms with Crippen LogP contribution in [-0.4, -0.2) is 55.4 Å². The molecule has 0 aromatic rings. The number of hydrogen-bond donors (Lipinski definition) is 2. The lowest BCUT2D eigenvalue weighted by molar-refractivity contribution is -0.147. The second-order valence-corrected chi connectivity index (χ2v) is 4.61. The average molecular weight is 244 g/mol. The molecule has 1 rings (SSSR count). The number of nitrogens with zero attached hydrogens (tertiary/aromatic N) is 1. The van der Waals surface area contributed by atoms with Gasteiger partial charge in [-0.25, -0.2) is 0 Å². The summed E-state index contributed by atoms with van der Waals surface area (Å²) in [7, 11) is 0. The van der Waals surface area contributed by atoms with Gasteiger partial charge in [0.25, 0.3) is 0 Å². The van der Waals surface area contributed by atoms with Gasteiger partial charge in [0.2, 0.25) is 5.91 Å². The van der Waals surface area contributed by atoms with Crippen molar-refractivity contribution in [1.29, 1.82) is 0 Å². The van der Waals surface area contributed by atoms with E-state index in [4.69, 9.17) is 15.6 Å². The van der Waals surface area contributed by atoms with Crippen LogP contribution in [0.1, 0.15) is 26.2 Å². The standard InChI is InChI=1S/C12H24N2O3/c1-2-5-14(6-7-15)11(16)12(10-13)3-8-17-9-4-12/h15H,2-10,13H2,1H3. The molecule has 1 fully saturated rings. The SMILES string of the molecule is CCCN(CCO)C(=O)C1(CN)CCOCC1. The fourth-order valence-electron chi connectivity index (χ4n) is 2.31. The van der Waals surface area contributed by atoms with Crippen LogP contribution < -0.4 is 5.73 Å². The number of nitrogens with two attached hydrogens (primary N) is 1. The van der Waals surface area contributed by atoms with E-state index in [0.29, 0.717) is 45.7 Å². The summed E-state index contributed by atoms with van der Waals surface area (Å²) >= 11 is 0. The monoisotopic (exact) mass is 244 g/mol. The second kappa shape index (κ2) is 6.93. The molecule has 5 nitrogen and oxygen atoms in total. The minimum atomic E-state index is -0.470. The first-order valence-electron chi connectivity index (χ1n) is 6.38. The normalized spacial score (nSPS) is 19.0. The van der Waals surface area contributed by atoms with Crippen molar-refractivity contribution in [2.24, 2.45) is 11.1 Å². The highest BCUT2D eigenvalue weighted by molar-refractivity contribution is 5.83. The van der Waals surface area contributed by atoms with Crippen LogP contribution in [0.5, 0.6) is 0 Å². The molecule has 0 bridgehead atoms. The quantitative estimate of drug-likeness (QED) is 0.688. The number of amides is 1.